The second kappa shape index (κ2) is 9.63. The molecule has 2 aliphatic rings. The number of hydrogen-bond donors (Lipinski definition) is 1. The van der Waals surface area contributed by atoms with E-state index in [1.54, 1.807) is 12.0 Å². The highest BCUT2D eigenvalue weighted by atomic mass is 16.7. The Labute approximate surface area is 198 Å². The van der Waals surface area contributed by atoms with Crippen LogP contribution in [-0.2, 0) is 11.2 Å². The van der Waals surface area contributed by atoms with E-state index in [1.807, 2.05) is 54.6 Å². The second-order valence-corrected chi connectivity index (χ2v) is 8.68. The number of fused-ring (bicyclic) bond motifs is 2. The number of rotatable bonds is 6. The monoisotopic (exact) mass is 460 g/mol. The van der Waals surface area contributed by atoms with E-state index in [-0.39, 0.29) is 24.5 Å². The summed E-state index contributed by atoms with van der Waals surface area (Å²) in [4.78, 5) is 28.1. The van der Waals surface area contributed by atoms with Crippen LogP contribution in [0.5, 0.6) is 17.2 Å². The molecule has 0 aromatic heterocycles. The molecule has 34 heavy (non-hydrogen) atoms. The Kier molecular flexibility index (Phi) is 6.25. The number of methoxy groups -OCH3 is 1. The van der Waals surface area contributed by atoms with Gasteiger partial charge in [0.2, 0.25) is 12.7 Å². The Morgan fingerprint density at radius 1 is 1.06 bits per heavy atom. The molecule has 0 unspecified atom stereocenters. The number of amides is 2. The Balaban J connectivity index is 1.21. The zero-order valence-corrected chi connectivity index (χ0v) is 19.2. The van der Waals surface area contributed by atoms with Crippen LogP contribution in [0.4, 0.5) is 0 Å². The summed E-state index contributed by atoms with van der Waals surface area (Å²) in [5, 5.41) is 4.82. The van der Waals surface area contributed by atoms with Crippen molar-refractivity contribution in [2.75, 3.05) is 33.5 Å². The van der Waals surface area contributed by atoms with Gasteiger partial charge >= 0.3 is 0 Å². The van der Waals surface area contributed by atoms with Gasteiger partial charge in [0.15, 0.2) is 11.5 Å². The molecule has 1 saturated heterocycles. The molecule has 176 valence electrons. The van der Waals surface area contributed by atoms with Gasteiger partial charge < -0.3 is 24.4 Å². The van der Waals surface area contributed by atoms with E-state index in [2.05, 4.69) is 5.32 Å². The van der Waals surface area contributed by atoms with Crippen LogP contribution < -0.4 is 19.5 Å². The smallest absolute Gasteiger partial charge is 0.254 e. The predicted molar refractivity (Wildman–Crippen MR) is 128 cm³/mol. The molecule has 0 saturated carbocycles. The summed E-state index contributed by atoms with van der Waals surface area (Å²) in [6.07, 6.45) is 2.29. The largest absolute Gasteiger partial charge is 0.496 e. The molecule has 0 radical (unpaired) electrons. The SMILES string of the molecule is COc1ccc(C(=O)N2CCC[C@H](C(=O)NCCc3ccc4c(c3)OCO4)C2)c2ccccc12. The van der Waals surface area contributed by atoms with Gasteiger partial charge in [-0.15, -0.1) is 0 Å². The molecular formula is C27H28N2O5. The number of likely N-dealkylation sites (tertiary alicyclic amines) is 1. The highest BCUT2D eigenvalue weighted by molar-refractivity contribution is 6.08. The standard InChI is InChI=1S/C27H28N2O5/c1-32-23-11-9-22(20-6-2-3-7-21(20)23)27(31)29-14-4-5-19(16-29)26(30)28-13-12-18-8-10-24-25(15-18)34-17-33-24/h2-3,6-11,15,19H,4-5,12-14,16-17H2,1H3,(H,28,30)/t19-/m0/s1. The van der Waals surface area contributed by atoms with Gasteiger partial charge in [-0.1, -0.05) is 30.3 Å². The number of nitrogens with zero attached hydrogens (tertiary/aromatic N) is 1. The number of piperidine rings is 1. The van der Waals surface area contributed by atoms with Gasteiger partial charge in [-0.05, 0) is 54.5 Å². The fraction of sp³-hybridized carbons (Fsp3) is 0.333. The number of benzene rings is 3. The summed E-state index contributed by atoms with van der Waals surface area (Å²) in [6, 6.07) is 17.2. The van der Waals surface area contributed by atoms with Crippen LogP contribution in [0.2, 0.25) is 0 Å². The van der Waals surface area contributed by atoms with Crippen LogP contribution >= 0.6 is 0 Å². The third kappa shape index (κ3) is 4.38. The first kappa shape index (κ1) is 22.1. The Hall–Kier alpha value is -3.74. The summed E-state index contributed by atoms with van der Waals surface area (Å²) < 4.78 is 16.2. The van der Waals surface area contributed by atoms with E-state index in [9.17, 15) is 9.59 Å². The van der Waals surface area contributed by atoms with E-state index < -0.39 is 0 Å². The third-order valence-corrected chi connectivity index (χ3v) is 6.56. The van der Waals surface area contributed by atoms with Gasteiger partial charge in [-0.2, -0.15) is 0 Å². The quantitative estimate of drug-likeness (QED) is 0.606. The van der Waals surface area contributed by atoms with Crippen LogP contribution in [0.25, 0.3) is 10.8 Å². The summed E-state index contributed by atoms with van der Waals surface area (Å²) in [5.74, 6) is 1.99. The molecule has 1 N–H and O–H groups in total. The van der Waals surface area contributed by atoms with Crippen molar-refractivity contribution < 1.29 is 23.8 Å². The zero-order chi connectivity index (χ0) is 23.5. The van der Waals surface area contributed by atoms with E-state index >= 15 is 0 Å². The lowest BCUT2D eigenvalue weighted by Gasteiger charge is -2.32. The van der Waals surface area contributed by atoms with Gasteiger partial charge in [0.05, 0.1) is 13.0 Å². The van der Waals surface area contributed by atoms with Crippen molar-refractivity contribution >= 4 is 22.6 Å². The summed E-state index contributed by atoms with van der Waals surface area (Å²) in [7, 11) is 1.63. The Morgan fingerprint density at radius 3 is 2.74 bits per heavy atom. The maximum Gasteiger partial charge on any atom is 0.254 e. The van der Waals surface area contributed by atoms with Crippen LogP contribution in [0, 0.1) is 5.92 Å². The topological polar surface area (TPSA) is 77.1 Å². The zero-order valence-electron chi connectivity index (χ0n) is 19.2. The molecule has 0 aliphatic carbocycles. The first-order valence-corrected chi connectivity index (χ1v) is 11.7. The summed E-state index contributed by atoms with van der Waals surface area (Å²) in [6.45, 7) is 1.86. The molecule has 3 aromatic rings. The number of hydrogen-bond acceptors (Lipinski definition) is 5. The lowest BCUT2D eigenvalue weighted by Crippen LogP contribution is -2.45. The van der Waals surface area contributed by atoms with Crippen LogP contribution in [0.15, 0.2) is 54.6 Å². The average Bonchev–Trinajstić information content (AvgIpc) is 3.35. The normalized spacial score (nSPS) is 17.0. The molecule has 7 heteroatoms. The first-order valence-electron chi connectivity index (χ1n) is 11.7. The van der Waals surface area contributed by atoms with Crippen molar-refractivity contribution in [3.05, 3.63) is 65.7 Å². The third-order valence-electron chi connectivity index (χ3n) is 6.56. The molecule has 0 spiro atoms. The van der Waals surface area contributed by atoms with E-state index in [4.69, 9.17) is 14.2 Å². The molecule has 3 aromatic carbocycles. The molecule has 1 fully saturated rings. The molecule has 1 atom stereocenters. The number of ether oxygens (including phenoxy) is 3. The number of carbonyl (C=O) groups excluding carboxylic acids is 2. The molecular weight excluding hydrogens is 432 g/mol. The van der Waals surface area contributed by atoms with E-state index in [0.29, 0.717) is 31.6 Å². The Morgan fingerprint density at radius 2 is 1.88 bits per heavy atom. The van der Waals surface area contributed by atoms with E-state index in [1.165, 1.54) is 0 Å². The fourth-order valence-corrected chi connectivity index (χ4v) is 4.75. The molecule has 2 heterocycles. The molecule has 5 rings (SSSR count). The minimum absolute atomic E-state index is 0.00201. The number of nitrogens with one attached hydrogen (secondary N) is 1. The van der Waals surface area contributed by atoms with Crippen LogP contribution in [0.1, 0.15) is 28.8 Å². The van der Waals surface area contributed by atoms with Crippen molar-refractivity contribution in [2.45, 2.75) is 19.3 Å². The number of carbonyl (C=O) groups is 2. The van der Waals surface area contributed by atoms with Gasteiger partial charge in [0, 0.05) is 30.6 Å². The maximum absolute atomic E-state index is 13.4. The lowest BCUT2D eigenvalue weighted by atomic mass is 9.95. The van der Waals surface area contributed by atoms with Gasteiger partial charge in [-0.25, -0.2) is 0 Å². The van der Waals surface area contributed by atoms with Gasteiger partial charge in [-0.3, -0.25) is 9.59 Å². The van der Waals surface area contributed by atoms with Gasteiger partial charge in [0.1, 0.15) is 5.75 Å². The first-order chi connectivity index (χ1) is 16.6. The average molecular weight is 461 g/mol. The van der Waals surface area contributed by atoms with Crippen molar-refractivity contribution in [1.29, 1.82) is 0 Å². The predicted octanol–water partition coefficient (Wildman–Crippen LogP) is 3.79. The summed E-state index contributed by atoms with van der Waals surface area (Å²) in [5.41, 5.74) is 1.72. The van der Waals surface area contributed by atoms with E-state index in [0.717, 1.165) is 46.4 Å². The van der Waals surface area contributed by atoms with Gasteiger partial charge in [0.25, 0.3) is 5.91 Å². The van der Waals surface area contributed by atoms with Crippen molar-refractivity contribution in [2.24, 2.45) is 5.92 Å². The minimum Gasteiger partial charge on any atom is -0.496 e. The fourth-order valence-electron chi connectivity index (χ4n) is 4.75. The van der Waals surface area contributed by atoms with Crippen LogP contribution in [0.3, 0.4) is 0 Å². The maximum atomic E-state index is 13.4. The molecule has 0 bridgehead atoms. The van der Waals surface area contributed by atoms with Crippen LogP contribution in [-0.4, -0.2) is 50.3 Å². The lowest BCUT2D eigenvalue weighted by molar-refractivity contribution is -0.126. The minimum atomic E-state index is -0.209. The summed E-state index contributed by atoms with van der Waals surface area (Å²) >= 11 is 0. The van der Waals surface area contributed by atoms with Crippen molar-refractivity contribution in [3.63, 3.8) is 0 Å². The Bertz CT molecular complexity index is 1220. The van der Waals surface area contributed by atoms with Crippen molar-refractivity contribution in [1.82, 2.24) is 10.2 Å². The second-order valence-electron chi connectivity index (χ2n) is 8.68. The molecule has 7 nitrogen and oxygen atoms in total. The highest BCUT2D eigenvalue weighted by Gasteiger charge is 2.29. The highest BCUT2D eigenvalue weighted by Crippen LogP contribution is 2.33. The van der Waals surface area contributed by atoms with Crippen molar-refractivity contribution in [3.8, 4) is 17.2 Å². The molecule has 2 amide bonds. The molecule has 2 aliphatic heterocycles.